The topological polar surface area (TPSA) is 46.2 Å². The van der Waals surface area contributed by atoms with Crippen molar-refractivity contribution in [3.63, 3.8) is 0 Å². The summed E-state index contributed by atoms with van der Waals surface area (Å²) in [6.07, 6.45) is 1.68. The van der Waals surface area contributed by atoms with Crippen LogP contribution in [0.5, 0.6) is 0 Å². The monoisotopic (exact) mass is 217 g/mol. The molecule has 0 fully saturated rings. The highest BCUT2D eigenvalue weighted by atomic mass is 16.2. The SMILES string of the molecule is C=CC(=O)N[C@@H](Cc1ccccc1)C(C)=O. The van der Waals surface area contributed by atoms with E-state index in [4.69, 9.17) is 0 Å². The largest absolute Gasteiger partial charge is 0.342 e. The maximum absolute atomic E-state index is 11.4. The fourth-order valence-electron chi connectivity index (χ4n) is 1.38. The summed E-state index contributed by atoms with van der Waals surface area (Å²) in [4.78, 5) is 22.5. The minimum atomic E-state index is -0.479. The minimum Gasteiger partial charge on any atom is -0.342 e. The van der Waals surface area contributed by atoms with E-state index in [1.807, 2.05) is 30.3 Å². The van der Waals surface area contributed by atoms with Crippen molar-refractivity contribution in [1.82, 2.24) is 5.32 Å². The van der Waals surface area contributed by atoms with E-state index in [1.165, 1.54) is 13.0 Å². The zero-order valence-electron chi connectivity index (χ0n) is 9.27. The molecular weight excluding hydrogens is 202 g/mol. The van der Waals surface area contributed by atoms with Gasteiger partial charge in [0.2, 0.25) is 5.91 Å². The van der Waals surface area contributed by atoms with Gasteiger partial charge < -0.3 is 5.32 Å². The maximum Gasteiger partial charge on any atom is 0.243 e. The van der Waals surface area contributed by atoms with Crippen LogP contribution in [-0.2, 0) is 16.0 Å². The Morgan fingerprint density at radius 1 is 1.38 bits per heavy atom. The van der Waals surface area contributed by atoms with Crippen LogP contribution in [0, 0.1) is 0 Å². The standard InChI is InChI=1S/C13H15NO2/c1-3-13(16)14-12(10(2)15)9-11-7-5-4-6-8-11/h3-8,12H,1,9H2,2H3,(H,14,16)/t12-/m0/s1. The number of rotatable bonds is 5. The van der Waals surface area contributed by atoms with Gasteiger partial charge in [-0.25, -0.2) is 0 Å². The molecule has 0 saturated heterocycles. The average molecular weight is 217 g/mol. The van der Waals surface area contributed by atoms with Gasteiger partial charge in [0.15, 0.2) is 5.78 Å². The highest BCUT2D eigenvalue weighted by Crippen LogP contribution is 2.04. The van der Waals surface area contributed by atoms with E-state index >= 15 is 0 Å². The first-order valence-electron chi connectivity index (χ1n) is 5.11. The third-order valence-electron chi connectivity index (χ3n) is 2.28. The van der Waals surface area contributed by atoms with E-state index in [2.05, 4.69) is 11.9 Å². The van der Waals surface area contributed by atoms with Gasteiger partial charge in [-0.05, 0) is 25.0 Å². The van der Waals surface area contributed by atoms with Crippen LogP contribution >= 0.6 is 0 Å². The van der Waals surface area contributed by atoms with Crippen molar-refractivity contribution in [3.8, 4) is 0 Å². The predicted octanol–water partition coefficient (Wildman–Crippen LogP) is 1.49. The van der Waals surface area contributed by atoms with E-state index in [0.717, 1.165) is 5.56 Å². The highest BCUT2D eigenvalue weighted by molar-refractivity contribution is 5.92. The maximum atomic E-state index is 11.4. The summed E-state index contributed by atoms with van der Waals surface area (Å²) in [6, 6.07) is 9.09. The molecule has 0 spiro atoms. The number of Topliss-reactive ketones (excluding diaryl/α,β-unsaturated/α-hetero) is 1. The highest BCUT2D eigenvalue weighted by Gasteiger charge is 2.15. The molecule has 0 heterocycles. The molecular formula is C13H15NO2. The number of carbonyl (C=O) groups excluding carboxylic acids is 2. The average Bonchev–Trinajstić information content (AvgIpc) is 2.29. The van der Waals surface area contributed by atoms with Gasteiger partial charge in [0.1, 0.15) is 0 Å². The van der Waals surface area contributed by atoms with Crippen molar-refractivity contribution in [2.24, 2.45) is 0 Å². The second-order valence-electron chi connectivity index (χ2n) is 3.57. The minimum absolute atomic E-state index is 0.0564. The Hall–Kier alpha value is -1.90. The lowest BCUT2D eigenvalue weighted by Crippen LogP contribution is -2.40. The molecule has 0 bridgehead atoms. The number of hydrogen-bond donors (Lipinski definition) is 1. The molecule has 1 atom stereocenters. The van der Waals surface area contributed by atoms with Crippen LogP contribution in [-0.4, -0.2) is 17.7 Å². The summed E-state index contributed by atoms with van der Waals surface area (Å²) in [5, 5.41) is 2.61. The predicted molar refractivity (Wildman–Crippen MR) is 63.0 cm³/mol. The Bertz CT molecular complexity index is 384. The summed E-state index contributed by atoms with van der Waals surface area (Å²) in [6.45, 7) is 4.83. The van der Waals surface area contributed by atoms with Gasteiger partial charge in [-0.3, -0.25) is 9.59 Å². The van der Waals surface area contributed by atoms with Crippen LogP contribution in [0.25, 0.3) is 0 Å². The lowest BCUT2D eigenvalue weighted by atomic mass is 10.0. The molecule has 1 aromatic carbocycles. The van der Waals surface area contributed by atoms with Crippen LogP contribution in [0.2, 0.25) is 0 Å². The van der Waals surface area contributed by atoms with E-state index in [0.29, 0.717) is 6.42 Å². The molecule has 0 radical (unpaired) electrons. The smallest absolute Gasteiger partial charge is 0.243 e. The lowest BCUT2D eigenvalue weighted by Gasteiger charge is -2.14. The number of amides is 1. The molecule has 0 saturated carbocycles. The number of benzene rings is 1. The first-order valence-corrected chi connectivity index (χ1v) is 5.11. The first kappa shape index (κ1) is 12.2. The second kappa shape index (κ2) is 5.85. The molecule has 1 aromatic rings. The van der Waals surface area contributed by atoms with Gasteiger partial charge in [0, 0.05) is 0 Å². The van der Waals surface area contributed by atoms with Crippen molar-refractivity contribution in [1.29, 1.82) is 0 Å². The molecule has 0 aliphatic rings. The van der Waals surface area contributed by atoms with Crippen LogP contribution in [0.4, 0.5) is 0 Å². The fourth-order valence-corrected chi connectivity index (χ4v) is 1.38. The zero-order chi connectivity index (χ0) is 12.0. The Balaban J connectivity index is 2.69. The van der Waals surface area contributed by atoms with Gasteiger partial charge in [0.05, 0.1) is 6.04 Å². The van der Waals surface area contributed by atoms with Crippen LogP contribution < -0.4 is 5.32 Å². The van der Waals surface area contributed by atoms with Crippen molar-refractivity contribution < 1.29 is 9.59 Å². The van der Waals surface area contributed by atoms with Crippen LogP contribution in [0.15, 0.2) is 43.0 Å². The molecule has 0 unspecified atom stereocenters. The van der Waals surface area contributed by atoms with Gasteiger partial charge in [-0.15, -0.1) is 0 Å². The molecule has 3 heteroatoms. The van der Waals surface area contributed by atoms with Crippen molar-refractivity contribution in [2.75, 3.05) is 0 Å². The van der Waals surface area contributed by atoms with E-state index in [1.54, 1.807) is 0 Å². The molecule has 84 valence electrons. The third-order valence-corrected chi connectivity index (χ3v) is 2.28. The Morgan fingerprint density at radius 3 is 2.50 bits per heavy atom. The third kappa shape index (κ3) is 3.69. The Labute approximate surface area is 95.2 Å². The van der Waals surface area contributed by atoms with Crippen LogP contribution in [0.1, 0.15) is 12.5 Å². The fraction of sp³-hybridized carbons (Fsp3) is 0.231. The van der Waals surface area contributed by atoms with Crippen LogP contribution in [0.3, 0.4) is 0 Å². The number of nitrogens with one attached hydrogen (secondary N) is 1. The molecule has 0 aliphatic heterocycles. The second-order valence-corrected chi connectivity index (χ2v) is 3.57. The molecule has 1 N–H and O–H groups in total. The molecule has 16 heavy (non-hydrogen) atoms. The first-order chi connectivity index (χ1) is 7.63. The summed E-state index contributed by atoms with van der Waals surface area (Å²) < 4.78 is 0. The summed E-state index contributed by atoms with van der Waals surface area (Å²) in [7, 11) is 0. The van der Waals surface area contributed by atoms with Crippen molar-refractivity contribution in [3.05, 3.63) is 48.6 Å². The van der Waals surface area contributed by atoms with Gasteiger partial charge in [0.25, 0.3) is 0 Å². The van der Waals surface area contributed by atoms with Crippen molar-refractivity contribution >= 4 is 11.7 Å². The van der Waals surface area contributed by atoms with Gasteiger partial charge >= 0.3 is 0 Å². The summed E-state index contributed by atoms with van der Waals surface area (Å²) in [5.74, 6) is -0.379. The summed E-state index contributed by atoms with van der Waals surface area (Å²) in [5.41, 5.74) is 1.02. The van der Waals surface area contributed by atoms with E-state index in [9.17, 15) is 9.59 Å². The van der Waals surface area contributed by atoms with Gasteiger partial charge in [-0.1, -0.05) is 36.9 Å². The summed E-state index contributed by atoms with van der Waals surface area (Å²) >= 11 is 0. The molecule has 1 amide bonds. The molecule has 3 nitrogen and oxygen atoms in total. The Morgan fingerprint density at radius 2 is 2.00 bits per heavy atom. The van der Waals surface area contributed by atoms with Crippen molar-refractivity contribution in [2.45, 2.75) is 19.4 Å². The zero-order valence-corrected chi connectivity index (χ0v) is 9.27. The number of carbonyl (C=O) groups is 2. The van der Waals surface area contributed by atoms with Gasteiger partial charge in [-0.2, -0.15) is 0 Å². The van der Waals surface area contributed by atoms with E-state index in [-0.39, 0.29) is 11.7 Å². The lowest BCUT2D eigenvalue weighted by molar-refractivity contribution is -0.124. The molecule has 1 rings (SSSR count). The quantitative estimate of drug-likeness (QED) is 0.759. The number of hydrogen-bond acceptors (Lipinski definition) is 2. The molecule has 0 aromatic heterocycles. The van der Waals surface area contributed by atoms with E-state index < -0.39 is 6.04 Å². The Kier molecular flexibility index (Phi) is 4.45. The normalized spacial score (nSPS) is 11.6. The molecule has 0 aliphatic carbocycles. The number of ketones is 1.